The number of ether oxygens (including phenoxy) is 3. The van der Waals surface area contributed by atoms with E-state index in [1.165, 1.54) is 212 Å². The van der Waals surface area contributed by atoms with E-state index in [1.807, 2.05) is 0 Å². The van der Waals surface area contributed by atoms with Gasteiger partial charge in [-0.3, -0.25) is 14.4 Å². The molecule has 2 atom stereocenters. The summed E-state index contributed by atoms with van der Waals surface area (Å²) in [5.41, 5.74) is 0. The van der Waals surface area contributed by atoms with Crippen LogP contribution < -0.4 is 0 Å². The van der Waals surface area contributed by atoms with Crippen LogP contribution in [0.5, 0.6) is 0 Å². The van der Waals surface area contributed by atoms with E-state index >= 15 is 0 Å². The van der Waals surface area contributed by atoms with Crippen LogP contribution in [-0.4, -0.2) is 37.2 Å². The van der Waals surface area contributed by atoms with Crippen molar-refractivity contribution in [1.82, 2.24) is 0 Å². The molecule has 0 bridgehead atoms. The van der Waals surface area contributed by atoms with Gasteiger partial charge in [-0.2, -0.15) is 0 Å². The van der Waals surface area contributed by atoms with Crippen LogP contribution in [0.2, 0.25) is 0 Å². The average Bonchev–Trinajstić information content (AvgIpc) is 3.27. The molecule has 0 saturated carbocycles. The van der Waals surface area contributed by atoms with Crippen molar-refractivity contribution in [3.05, 3.63) is 0 Å². The highest BCUT2D eigenvalue weighted by Crippen LogP contribution is 2.18. The molecule has 0 heterocycles. The number of hydrogen-bond donors (Lipinski definition) is 0. The fourth-order valence-electron chi connectivity index (χ4n) is 8.54. The van der Waals surface area contributed by atoms with E-state index in [2.05, 4.69) is 27.7 Å². The molecular weight excluding hydrogens is 769 g/mol. The second-order valence-electron chi connectivity index (χ2n) is 19.5. The maximum absolute atomic E-state index is 12.8. The molecule has 6 nitrogen and oxygen atoms in total. The fraction of sp³-hybridized carbons (Fsp3) is 0.946. The third kappa shape index (κ3) is 47.9. The summed E-state index contributed by atoms with van der Waals surface area (Å²) in [6, 6.07) is 0. The highest BCUT2D eigenvalue weighted by Gasteiger charge is 2.19. The van der Waals surface area contributed by atoms with Crippen LogP contribution in [0.1, 0.15) is 317 Å². The zero-order valence-corrected chi connectivity index (χ0v) is 42.3. The van der Waals surface area contributed by atoms with Crippen molar-refractivity contribution in [3.63, 3.8) is 0 Å². The van der Waals surface area contributed by atoms with Gasteiger partial charge in [-0.25, -0.2) is 0 Å². The molecule has 0 fully saturated rings. The first-order valence-electron chi connectivity index (χ1n) is 27.9. The Labute approximate surface area is 387 Å². The summed E-state index contributed by atoms with van der Waals surface area (Å²) in [4.78, 5) is 38.1. The lowest BCUT2D eigenvalue weighted by Gasteiger charge is -2.18. The number of carbonyl (C=O) groups excluding carboxylic acids is 3. The molecule has 0 radical (unpaired) electrons. The number of unbranched alkanes of at least 4 members (excludes halogenated alkanes) is 37. The van der Waals surface area contributed by atoms with Crippen molar-refractivity contribution in [2.75, 3.05) is 13.2 Å². The third-order valence-corrected chi connectivity index (χ3v) is 13.2. The van der Waals surface area contributed by atoms with Gasteiger partial charge in [0.2, 0.25) is 0 Å². The number of hydrogen-bond acceptors (Lipinski definition) is 6. The normalized spacial score (nSPS) is 12.4. The molecule has 62 heavy (non-hydrogen) atoms. The second-order valence-corrected chi connectivity index (χ2v) is 19.5. The van der Waals surface area contributed by atoms with Crippen LogP contribution in [0.3, 0.4) is 0 Å². The molecule has 0 aliphatic carbocycles. The van der Waals surface area contributed by atoms with Gasteiger partial charge >= 0.3 is 17.9 Å². The monoisotopic (exact) mass is 877 g/mol. The van der Waals surface area contributed by atoms with Crippen molar-refractivity contribution in [3.8, 4) is 0 Å². The maximum atomic E-state index is 12.8. The van der Waals surface area contributed by atoms with Gasteiger partial charge in [0.1, 0.15) is 13.2 Å². The van der Waals surface area contributed by atoms with Gasteiger partial charge in [0.25, 0.3) is 0 Å². The van der Waals surface area contributed by atoms with E-state index in [1.54, 1.807) is 0 Å². The van der Waals surface area contributed by atoms with Gasteiger partial charge < -0.3 is 14.2 Å². The molecule has 0 aliphatic rings. The van der Waals surface area contributed by atoms with Gasteiger partial charge in [0.15, 0.2) is 6.10 Å². The van der Waals surface area contributed by atoms with E-state index in [0.717, 1.165) is 63.7 Å². The Morgan fingerprint density at radius 2 is 0.565 bits per heavy atom. The minimum absolute atomic E-state index is 0.0623. The van der Waals surface area contributed by atoms with E-state index in [0.29, 0.717) is 19.3 Å². The maximum Gasteiger partial charge on any atom is 0.306 e. The van der Waals surface area contributed by atoms with Crippen molar-refractivity contribution < 1.29 is 28.6 Å². The first-order chi connectivity index (χ1) is 30.4. The standard InChI is InChI=1S/C56H108O6/c1-5-8-10-12-14-16-18-20-21-22-23-25-27-33-37-41-45-49-56(59)62-53(50-60-54(57)47-43-39-35-31-26-24-19-17-15-13-11-9-6-2)51-61-55(58)48-44-40-36-32-29-28-30-34-38-42-46-52(4)7-3/h52-53H,5-51H2,1-4H3/t52?,53-/m1/s1. The lowest BCUT2D eigenvalue weighted by molar-refractivity contribution is -0.167. The molecule has 0 aromatic rings. The summed E-state index contributed by atoms with van der Waals surface area (Å²) in [5, 5.41) is 0. The van der Waals surface area contributed by atoms with Crippen LogP contribution in [0.4, 0.5) is 0 Å². The molecular formula is C56H108O6. The summed E-state index contributed by atoms with van der Waals surface area (Å²) >= 11 is 0. The number of carbonyl (C=O) groups is 3. The quantitative estimate of drug-likeness (QED) is 0.0344. The fourth-order valence-corrected chi connectivity index (χ4v) is 8.54. The Bertz CT molecular complexity index is 935. The molecule has 368 valence electrons. The molecule has 0 amide bonds. The molecule has 1 unspecified atom stereocenters. The molecule has 6 heteroatoms. The van der Waals surface area contributed by atoms with E-state index in [9.17, 15) is 14.4 Å². The van der Waals surface area contributed by atoms with Crippen LogP contribution in [0.25, 0.3) is 0 Å². The zero-order chi connectivity index (χ0) is 45.2. The summed E-state index contributed by atoms with van der Waals surface area (Å²) in [6.07, 6.45) is 53.6. The predicted octanol–water partition coefficient (Wildman–Crippen LogP) is 18.2. The van der Waals surface area contributed by atoms with Crippen LogP contribution in [-0.2, 0) is 28.6 Å². The minimum atomic E-state index is -0.761. The van der Waals surface area contributed by atoms with Crippen LogP contribution >= 0.6 is 0 Å². The van der Waals surface area contributed by atoms with E-state index in [-0.39, 0.29) is 31.1 Å². The Hall–Kier alpha value is -1.59. The lowest BCUT2D eigenvalue weighted by atomic mass is 9.99. The molecule has 0 aromatic heterocycles. The lowest BCUT2D eigenvalue weighted by Crippen LogP contribution is -2.30. The summed E-state index contributed by atoms with van der Waals surface area (Å²) < 4.78 is 16.9. The summed E-state index contributed by atoms with van der Waals surface area (Å²) in [6.45, 7) is 9.07. The summed E-state index contributed by atoms with van der Waals surface area (Å²) in [7, 11) is 0. The van der Waals surface area contributed by atoms with Crippen LogP contribution in [0, 0.1) is 5.92 Å². The topological polar surface area (TPSA) is 78.9 Å². The first-order valence-corrected chi connectivity index (χ1v) is 27.9. The minimum Gasteiger partial charge on any atom is -0.462 e. The summed E-state index contributed by atoms with van der Waals surface area (Å²) in [5.74, 6) is 0.0310. The van der Waals surface area contributed by atoms with Crippen molar-refractivity contribution >= 4 is 17.9 Å². The number of esters is 3. The smallest absolute Gasteiger partial charge is 0.306 e. The van der Waals surface area contributed by atoms with Gasteiger partial charge in [-0.1, -0.05) is 278 Å². The molecule has 0 aliphatic heterocycles. The second kappa shape index (κ2) is 50.4. The van der Waals surface area contributed by atoms with Crippen molar-refractivity contribution in [2.45, 2.75) is 323 Å². The predicted molar refractivity (Wildman–Crippen MR) is 266 cm³/mol. The zero-order valence-electron chi connectivity index (χ0n) is 42.3. The van der Waals surface area contributed by atoms with E-state index in [4.69, 9.17) is 14.2 Å². The average molecular weight is 877 g/mol. The van der Waals surface area contributed by atoms with E-state index < -0.39 is 6.10 Å². The van der Waals surface area contributed by atoms with Gasteiger partial charge in [0.05, 0.1) is 0 Å². The first kappa shape index (κ1) is 60.4. The van der Waals surface area contributed by atoms with Gasteiger partial charge in [-0.15, -0.1) is 0 Å². The Balaban J connectivity index is 4.30. The molecule has 0 saturated heterocycles. The molecule has 0 spiro atoms. The SMILES string of the molecule is CCCCCCCCCCCCCCCCCCCC(=O)O[C@H](COC(=O)CCCCCCCCCCCCCCC)COC(=O)CCCCCCCCCCCCC(C)CC. The Morgan fingerprint density at radius 1 is 0.323 bits per heavy atom. The van der Waals surface area contributed by atoms with Crippen LogP contribution in [0.15, 0.2) is 0 Å². The number of rotatable bonds is 51. The van der Waals surface area contributed by atoms with Gasteiger partial charge in [0, 0.05) is 19.3 Å². The Kier molecular flexibility index (Phi) is 49.1. The third-order valence-electron chi connectivity index (χ3n) is 13.2. The molecule has 0 aromatic carbocycles. The highest BCUT2D eigenvalue weighted by molar-refractivity contribution is 5.71. The van der Waals surface area contributed by atoms with Crippen molar-refractivity contribution in [1.29, 1.82) is 0 Å². The Morgan fingerprint density at radius 3 is 0.839 bits per heavy atom. The van der Waals surface area contributed by atoms with Crippen molar-refractivity contribution in [2.24, 2.45) is 5.92 Å². The van der Waals surface area contributed by atoms with Gasteiger partial charge in [-0.05, 0) is 25.2 Å². The molecule has 0 rings (SSSR count). The largest absolute Gasteiger partial charge is 0.462 e. The highest BCUT2D eigenvalue weighted by atomic mass is 16.6. The molecule has 0 N–H and O–H groups in total.